The molecule has 0 aliphatic heterocycles. The number of rotatable bonds is 5. The van der Waals surface area contributed by atoms with Crippen LogP contribution in [0.1, 0.15) is 19.8 Å². The summed E-state index contributed by atoms with van der Waals surface area (Å²) >= 11 is 5.98. The van der Waals surface area contributed by atoms with E-state index in [1.54, 1.807) is 6.20 Å². The molecule has 1 aromatic rings. The number of nitrogens with one attached hydrogen (secondary N) is 1. The molecule has 2 unspecified atom stereocenters. The zero-order valence-corrected chi connectivity index (χ0v) is 10.4. The van der Waals surface area contributed by atoms with Crippen LogP contribution >= 0.6 is 11.6 Å². The summed E-state index contributed by atoms with van der Waals surface area (Å²) in [5, 5.41) is 16.1. The molecular formula is C11H16ClN3O2. The van der Waals surface area contributed by atoms with Crippen molar-refractivity contribution in [2.24, 2.45) is 5.92 Å². The summed E-state index contributed by atoms with van der Waals surface area (Å²) in [6.07, 6.45) is 3.79. The minimum atomic E-state index is -0.362. The lowest BCUT2D eigenvalue weighted by atomic mass is 10.3. The smallest absolute Gasteiger partial charge is 0.287 e. The van der Waals surface area contributed by atoms with Gasteiger partial charge in [-0.15, -0.1) is 0 Å². The quantitative estimate of drug-likeness (QED) is 0.829. The minimum Gasteiger partial charge on any atom is -0.394 e. The maximum atomic E-state index is 11.7. The molecule has 2 rings (SSSR count). The molecule has 94 valence electrons. The van der Waals surface area contributed by atoms with Gasteiger partial charge in [0.25, 0.3) is 5.56 Å². The number of hydrogen-bond donors (Lipinski definition) is 2. The van der Waals surface area contributed by atoms with Crippen molar-refractivity contribution in [3.05, 3.63) is 21.6 Å². The topological polar surface area (TPSA) is 67.2 Å². The van der Waals surface area contributed by atoms with E-state index in [1.807, 2.05) is 0 Å². The van der Waals surface area contributed by atoms with Crippen molar-refractivity contribution in [3.63, 3.8) is 0 Å². The monoisotopic (exact) mass is 257 g/mol. The van der Waals surface area contributed by atoms with Gasteiger partial charge in [0.2, 0.25) is 0 Å². The van der Waals surface area contributed by atoms with E-state index in [0.717, 1.165) is 17.5 Å². The molecule has 0 amide bonds. The first-order valence-electron chi connectivity index (χ1n) is 5.80. The molecule has 0 radical (unpaired) electrons. The van der Waals surface area contributed by atoms with Crippen LogP contribution in [0, 0.1) is 5.92 Å². The van der Waals surface area contributed by atoms with E-state index >= 15 is 0 Å². The van der Waals surface area contributed by atoms with Crippen molar-refractivity contribution in [2.45, 2.75) is 32.4 Å². The summed E-state index contributed by atoms with van der Waals surface area (Å²) < 4.78 is 1.16. The fraction of sp³-hybridized carbons (Fsp3) is 0.636. The van der Waals surface area contributed by atoms with E-state index in [0.29, 0.717) is 17.6 Å². The lowest BCUT2D eigenvalue weighted by molar-refractivity contribution is 0.266. The molecule has 0 saturated heterocycles. The van der Waals surface area contributed by atoms with Crippen molar-refractivity contribution in [1.29, 1.82) is 0 Å². The maximum Gasteiger partial charge on any atom is 0.287 e. The number of nitrogens with zero attached hydrogens (tertiary/aromatic N) is 2. The molecule has 0 spiro atoms. The summed E-state index contributed by atoms with van der Waals surface area (Å²) in [6.45, 7) is 2.18. The van der Waals surface area contributed by atoms with E-state index in [4.69, 9.17) is 16.7 Å². The number of halogens is 1. The molecule has 1 fully saturated rings. The first-order chi connectivity index (χ1) is 8.17. The SMILES string of the molecule is CCC1CC1Nc1cnn(CCO)c(=O)c1Cl. The molecule has 0 aromatic carbocycles. The van der Waals surface area contributed by atoms with Crippen LogP contribution in [0.3, 0.4) is 0 Å². The Balaban J connectivity index is 2.14. The van der Waals surface area contributed by atoms with Crippen LogP contribution < -0.4 is 10.9 Å². The van der Waals surface area contributed by atoms with Gasteiger partial charge in [-0.05, 0) is 12.3 Å². The Bertz CT molecular complexity index is 461. The van der Waals surface area contributed by atoms with Gasteiger partial charge in [-0.3, -0.25) is 4.79 Å². The minimum absolute atomic E-state index is 0.128. The van der Waals surface area contributed by atoms with E-state index in [2.05, 4.69) is 17.3 Å². The molecule has 1 aromatic heterocycles. The Morgan fingerprint density at radius 2 is 2.47 bits per heavy atom. The molecule has 1 aliphatic rings. The molecule has 0 bridgehead atoms. The largest absolute Gasteiger partial charge is 0.394 e. The molecule has 1 heterocycles. The zero-order valence-electron chi connectivity index (χ0n) is 9.69. The van der Waals surface area contributed by atoms with Crippen LogP contribution in [0.5, 0.6) is 0 Å². The normalized spacial score (nSPS) is 22.5. The highest BCUT2D eigenvalue weighted by molar-refractivity contribution is 6.32. The van der Waals surface area contributed by atoms with Crippen LogP contribution in [0.4, 0.5) is 5.69 Å². The Labute approximate surface area is 104 Å². The molecule has 5 nitrogen and oxygen atoms in total. The van der Waals surface area contributed by atoms with Gasteiger partial charge in [0.05, 0.1) is 25.0 Å². The predicted octanol–water partition coefficient (Wildman–Crippen LogP) is 1.10. The van der Waals surface area contributed by atoms with Gasteiger partial charge in [-0.1, -0.05) is 24.9 Å². The van der Waals surface area contributed by atoms with Crippen molar-refractivity contribution in [3.8, 4) is 0 Å². The highest BCUT2D eigenvalue weighted by Crippen LogP contribution is 2.36. The second-order valence-electron chi connectivity index (χ2n) is 4.28. The summed E-state index contributed by atoms with van der Waals surface area (Å²) in [4.78, 5) is 11.7. The van der Waals surface area contributed by atoms with Gasteiger partial charge in [0.15, 0.2) is 0 Å². The third-order valence-electron chi connectivity index (χ3n) is 3.08. The Morgan fingerprint density at radius 1 is 1.71 bits per heavy atom. The van der Waals surface area contributed by atoms with E-state index in [9.17, 15) is 4.79 Å². The number of anilines is 1. The second-order valence-corrected chi connectivity index (χ2v) is 4.66. The van der Waals surface area contributed by atoms with Gasteiger partial charge in [-0.25, -0.2) is 4.68 Å². The molecule has 1 saturated carbocycles. The maximum absolute atomic E-state index is 11.7. The average Bonchev–Trinajstić information content (AvgIpc) is 3.07. The predicted molar refractivity (Wildman–Crippen MR) is 66.4 cm³/mol. The molecule has 17 heavy (non-hydrogen) atoms. The van der Waals surface area contributed by atoms with Crippen LogP contribution in [-0.2, 0) is 6.54 Å². The fourth-order valence-corrected chi connectivity index (χ4v) is 2.10. The number of aliphatic hydroxyl groups is 1. The lowest BCUT2D eigenvalue weighted by Gasteiger charge is -2.09. The molecule has 6 heteroatoms. The van der Waals surface area contributed by atoms with Crippen molar-refractivity contribution in [1.82, 2.24) is 9.78 Å². The zero-order chi connectivity index (χ0) is 12.4. The fourth-order valence-electron chi connectivity index (χ4n) is 1.89. The Morgan fingerprint density at radius 3 is 3.06 bits per heavy atom. The van der Waals surface area contributed by atoms with E-state index in [1.165, 1.54) is 0 Å². The Kier molecular flexibility index (Phi) is 3.69. The van der Waals surface area contributed by atoms with Gasteiger partial charge in [0, 0.05) is 6.04 Å². The summed E-state index contributed by atoms with van der Waals surface area (Å²) in [6, 6.07) is 0.410. The molecule has 2 N–H and O–H groups in total. The van der Waals surface area contributed by atoms with Crippen molar-refractivity contribution >= 4 is 17.3 Å². The van der Waals surface area contributed by atoms with Gasteiger partial charge in [0.1, 0.15) is 5.02 Å². The van der Waals surface area contributed by atoms with Crippen LogP contribution in [0.15, 0.2) is 11.0 Å². The summed E-state index contributed by atoms with van der Waals surface area (Å²) in [5.74, 6) is 0.672. The summed E-state index contributed by atoms with van der Waals surface area (Å²) in [5.41, 5.74) is 0.228. The average molecular weight is 258 g/mol. The molecule has 2 atom stereocenters. The third kappa shape index (κ3) is 2.61. The second kappa shape index (κ2) is 5.06. The standard InChI is InChI=1S/C11H16ClN3O2/c1-2-7-5-8(7)14-9-6-13-15(3-4-16)11(17)10(9)12/h6-8,14,16H,2-5H2,1H3. The number of hydrogen-bond acceptors (Lipinski definition) is 4. The van der Waals surface area contributed by atoms with E-state index in [-0.39, 0.29) is 23.7 Å². The summed E-state index contributed by atoms with van der Waals surface area (Å²) in [7, 11) is 0. The number of aliphatic hydroxyl groups excluding tert-OH is 1. The van der Waals surface area contributed by atoms with Gasteiger partial charge >= 0.3 is 0 Å². The molecular weight excluding hydrogens is 242 g/mol. The molecule has 1 aliphatic carbocycles. The van der Waals surface area contributed by atoms with Crippen molar-refractivity contribution in [2.75, 3.05) is 11.9 Å². The van der Waals surface area contributed by atoms with Crippen LogP contribution in [0.2, 0.25) is 5.02 Å². The van der Waals surface area contributed by atoms with Crippen LogP contribution in [0.25, 0.3) is 0 Å². The lowest BCUT2D eigenvalue weighted by Crippen LogP contribution is -2.26. The van der Waals surface area contributed by atoms with E-state index < -0.39 is 0 Å². The van der Waals surface area contributed by atoms with Crippen LogP contribution in [-0.4, -0.2) is 27.5 Å². The third-order valence-corrected chi connectivity index (χ3v) is 3.45. The first kappa shape index (κ1) is 12.4. The van der Waals surface area contributed by atoms with Gasteiger partial charge in [-0.2, -0.15) is 5.10 Å². The van der Waals surface area contributed by atoms with Gasteiger partial charge < -0.3 is 10.4 Å². The Hall–Kier alpha value is -1.07. The first-order valence-corrected chi connectivity index (χ1v) is 6.18. The number of aromatic nitrogens is 2. The highest BCUT2D eigenvalue weighted by atomic mass is 35.5. The highest BCUT2D eigenvalue weighted by Gasteiger charge is 2.35. The van der Waals surface area contributed by atoms with Crippen molar-refractivity contribution < 1.29 is 5.11 Å².